The van der Waals surface area contributed by atoms with Crippen LogP contribution in [0, 0.1) is 13.8 Å². The van der Waals surface area contributed by atoms with Gasteiger partial charge in [-0.1, -0.05) is 39.8 Å². The van der Waals surface area contributed by atoms with Crippen molar-refractivity contribution in [3.63, 3.8) is 0 Å². The second kappa shape index (κ2) is 12.7. The predicted molar refractivity (Wildman–Crippen MR) is 169 cm³/mol. The van der Waals surface area contributed by atoms with Crippen molar-refractivity contribution in [3.05, 3.63) is 45.5 Å². The molecule has 0 radical (unpaired) electrons. The second-order valence-corrected chi connectivity index (χ2v) is 10.8. The molecule has 0 aromatic heterocycles. The summed E-state index contributed by atoms with van der Waals surface area (Å²) in [5.74, 6) is -4.41. The molecule has 0 spiro atoms. The van der Waals surface area contributed by atoms with Crippen molar-refractivity contribution in [1.82, 2.24) is 0 Å². The highest BCUT2D eigenvalue weighted by atomic mass is 32.1. The molecule has 0 bridgehead atoms. The first-order valence-corrected chi connectivity index (χ1v) is 13.1. The molecule has 4 aromatic rings. The number of aromatic hydroxyl groups is 6. The Morgan fingerprint density at radius 2 is 0.907 bits per heavy atom. The van der Waals surface area contributed by atoms with Gasteiger partial charge in [-0.3, -0.25) is 14.4 Å². The van der Waals surface area contributed by atoms with Crippen molar-refractivity contribution in [2.75, 3.05) is 0 Å². The van der Waals surface area contributed by atoms with Crippen LogP contribution in [0.4, 0.5) is 0 Å². The van der Waals surface area contributed by atoms with Crippen LogP contribution in [0.5, 0.6) is 34.5 Å². The average Bonchev–Trinajstić information content (AvgIpc) is 2.87. The number of carboxylic acids is 1. The van der Waals surface area contributed by atoms with Gasteiger partial charge in [-0.15, -0.1) is 0 Å². The lowest BCUT2D eigenvalue weighted by Gasteiger charge is -2.23. The molecule has 4 rings (SSSR count). The summed E-state index contributed by atoms with van der Waals surface area (Å²) < 4.78 is 0. The fourth-order valence-electron chi connectivity index (χ4n) is 5.60. The number of hydrogen-bond donors (Lipinski definition) is 7. The first-order chi connectivity index (χ1) is 19.5. The quantitative estimate of drug-likeness (QED) is 0.0955. The van der Waals surface area contributed by atoms with Crippen molar-refractivity contribution >= 4 is 53.6 Å². The number of carboxylic acid groups (broad SMARTS) is 1. The molecule has 0 aliphatic carbocycles. The summed E-state index contributed by atoms with van der Waals surface area (Å²) in [6.45, 7) is 11.6. The Morgan fingerprint density at radius 1 is 0.628 bits per heavy atom. The molecule has 0 heterocycles. The number of aldehydes is 2. The summed E-state index contributed by atoms with van der Waals surface area (Å²) in [5, 5.41) is 73.8. The Morgan fingerprint density at radius 3 is 1.14 bits per heavy atom. The predicted octanol–water partition coefficient (Wildman–Crippen LogP) is 6.59. The number of phenols is 6. The van der Waals surface area contributed by atoms with E-state index in [1.165, 1.54) is 0 Å². The number of benzene rings is 4. The maximum absolute atomic E-state index is 12.0. The standard InChI is InChI=1S/C30H30O8.C2H4O2.H2S/c1-11(2)19-15-7-13(5)21(27(35)23(15)17(9-31)25(33)29(19)37)22-14(6)8-16-20(12(3)4)30(38)26(34)18(10-32)24(16)28(22)36;1-2(3)4;/h7-12,33-38H,1-6H3;1H3,(H,3,4);1H2. The van der Waals surface area contributed by atoms with E-state index in [1.54, 1.807) is 53.7 Å². The van der Waals surface area contributed by atoms with Crippen LogP contribution in [-0.4, -0.2) is 54.3 Å². The molecule has 0 saturated carbocycles. The summed E-state index contributed by atoms with van der Waals surface area (Å²) in [6, 6.07) is 3.31. The molecule has 7 N–H and O–H groups in total. The van der Waals surface area contributed by atoms with E-state index in [2.05, 4.69) is 0 Å². The number of phenolic OH excluding ortho intramolecular Hbond substituents is 6. The van der Waals surface area contributed by atoms with Crippen LogP contribution in [0.25, 0.3) is 32.7 Å². The van der Waals surface area contributed by atoms with Crippen LogP contribution in [-0.2, 0) is 4.79 Å². The van der Waals surface area contributed by atoms with Crippen molar-refractivity contribution < 1.29 is 50.1 Å². The monoisotopic (exact) mass is 612 g/mol. The van der Waals surface area contributed by atoms with Crippen LogP contribution in [0.3, 0.4) is 0 Å². The zero-order chi connectivity index (χ0) is 32.0. The number of hydrogen-bond acceptors (Lipinski definition) is 9. The highest BCUT2D eigenvalue weighted by Crippen LogP contribution is 2.54. The van der Waals surface area contributed by atoms with Crippen LogP contribution in [0.2, 0.25) is 0 Å². The Kier molecular flexibility index (Phi) is 10.2. The first kappa shape index (κ1) is 34.6. The summed E-state index contributed by atoms with van der Waals surface area (Å²) in [5.41, 5.74) is 1.33. The van der Waals surface area contributed by atoms with Gasteiger partial charge in [-0.25, -0.2) is 0 Å². The molecular weight excluding hydrogens is 576 g/mol. The fourth-order valence-corrected chi connectivity index (χ4v) is 5.60. The minimum absolute atomic E-state index is 0. The molecule has 43 heavy (non-hydrogen) atoms. The molecule has 230 valence electrons. The highest BCUT2D eigenvalue weighted by molar-refractivity contribution is 7.59. The van der Waals surface area contributed by atoms with Gasteiger partial charge >= 0.3 is 0 Å². The lowest BCUT2D eigenvalue weighted by Crippen LogP contribution is -2.01. The zero-order valence-corrected chi connectivity index (χ0v) is 25.8. The van der Waals surface area contributed by atoms with Gasteiger partial charge in [-0.2, -0.15) is 13.5 Å². The third-order valence-corrected chi connectivity index (χ3v) is 7.22. The van der Waals surface area contributed by atoms with E-state index < -0.39 is 40.5 Å². The Labute approximate surface area is 254 Å². The van der Waals surface area contributed by atoms with Gasteiger partial charge in [-0.05, 0) is 47.6 Å². The molecule has 0 unspecified atom stereocenters. The Hall–Kier alpha value is -4.64. The van der Waals surface area contributed by atoms with Gasteiger partial charge in [0.15, 0.2) is 35.6 Å². The minimum Gasteiger partial charge on any atom is -0.507 e. The number of aryl methyl sites for hydroxylation is 2. The van der Waals surface area contributed by atoms with Gasteiger partial charge in [0.05, 0.1) is 11.1 Å². The van der Waals surface area contributed by atoms with E-state index in [4.69, 9.17) is 9.90 Å². The molecule has 0 saturated heterocycles. The van der Waals surface area contributed by atoms with Crippen molar-refractivity contribution in [2.45, 2.75) is 60.3 Å². The lowest BCUT2D eigenvalue weighted by molar-refractivity contribution is -0.134. The molecule has 0 fully saturated rings. The highest BCUT2D eigenvalue weighted by Gasteiger charge is 2.29. The Balaban J connectivity index is 0.00000121. The second-order valence-electron chi connectivity index (χ2n) is 10.8. The van der Waals surface area contributed by atoms with E-state index in [0.29, 0.717) is 45.6 Å². The third kappa shape index (κ3) is 5.60. The normalized spacial score (nSPS) is 10.9. The van der Waals surface area contributed by atoms with E-state index in [-0.39, 0.29) is 58.4 Å². The van der Waals surface area contributed by atoms with E-state index >= 15 is 0 Å². The lowest BCUT2D eigenvalue weighted by atomic mass is 9.83. The van der Waals surface area contributed by atoms with Gasteiger partial charge in [0, 0.05) is 39.9 Å². The van der Waals surface area contributed by atoms with E-state index in [1.807, 2.05) is 0 Å². The van der Waals surface area contributed by atoms with E-state index in [0.717, 1.165) is 6.92 Å². The summed E-state index contributed by atoms with van der Waals surface area (Å²) in [7, 11) is 0. The van der Waals surface area contributed by atoms with Gasteiger partial charge in [0.2, 0.25) is 0 Å². The van der Waals surface area contributed by atoms with Gasteiger partial charge in [0.25, 0.3) is 5.97 Å². The first-order valence-electron chi connectivity index (χ1n) is 13.1. The molecule has 4 aromatic carbocycles. The maximum atomic E-state index is 12.0. The smallest absolute Gasteiger partial charge is 0.300 e. The number of carbonyl (C=O) groups is 3. The molecule has 0 atom stereocenters. The van der Waals surface area contributed by atoms with Gasteiger partial charge < -0.3 is 35.7 Å². The van der Waals surface area contributed by atoms with Crippen molar-refractivity contribution in [3.8, 4) is 45.6 Å². The largest absolute Gasteiger partial charge is 0.507 e. The average molecular weight is 613 g/mol. The zero-order valence-electron chi connectivity index (χ0n) is 24.8. The number of fused-ring (bicyclic) bond motifs is 2. The number of aliphatic carboxylic acids is 1. The van der Waals surface area contributed by atoms with Crippen LogP contribution < -0.4 is 0 Å². The van der Waals surface area contributed by atoms with Crippen molar-refractivity contribution in [2.24, 2.45) is 0 Å². The fraction of sp³-hybridized carbons (Fsp3) is 0.281. The molecule has 0 amide bonds. The van der Waals surface area contributed by atoms with E-state index in [9.17, 15) is 40.2 Å². The molecule has 0 aliphatic rings. The minimum atomic E-state index is -0.833. The van der Waals surface area contributed by atoms with Crippen LogP contribution >= 0.6 is 13.5 Å². The number of carbonyl (C=O) groups excluding carboxylic acids is 2. The van der Waals surface area contributed by atoms with Crippen LogP contribution in [0.15, 0.2) is 12.1 Å². The number of rotatable bonds is 5. The molecule has 11 heteroatoms. The summed E-state index contributed by atoms with van der Waals surface area (Å²) in [4.78, 5) is 33.0. The van der Waals surface area contributed by atoms with Crippen molar-refractivity contribution in [1.29, 1.82) is 0 Å². The molecule has 0 aliphatic heterocycles. The molecule has 10 nitrogen and oxygen atoms in total. The van der Waals surface area contributed by atoms with Gasteiger partial charge in [0.1, 0.15) is 11.5 Å². The summed E-state index contributed by atoms with van der Waals surface area (Å²) >= 11 is 0. The Bertz CT molecular complexity index is 1660. The molecular formula is C32H36O10S. The third-order valence-electron chi connectivity index (χ3n) is 7.22. The van der Waals surface area contributed by atoms with Crippen LogP contribution in [0.1, 0.15) is 89.4 Å². The SMILES string of the molecule is CC(=O)O.Cc1cc2c(C(C)C)c(O)c(O)c(C=O)c2c(O)c1-c1c(C)cc2c(C(C)C)c(O)c(O)c(C=O)c2c1O.S. The maximum Gasteiger partial charge on any atom is 0.300 e. The topological polar surface area (TPSA) is 193 Å². The summed E-state index contributed by atoms with van der Waals surface area (Å²) in [6.07, 6.45) is 0.682.